The minimum atomic E-state index is -0.0404. The van der Waals surface area contributed by atoms with Crippen molar-refractivity contribution in [3.8, 4) is 0 Å². The van der Waals surface area contributed by atoms with Gasteiger partial charge in [0.05, 0.1) is 15.6 Å². The van der Waals surface area contributed by atoms with Crippen molar-refractivity contribution < 1.29 is 4.79 Å². The molecule has 0 spiro atoms. The van der Waals surface area contributed by atoms with Crippen LogP contribution in [0.25, 0.3) is 0 Å². The van der Waals surface area contributed by atoms with Crippen LogP contribution in [-0.4, -0.2) is 10.8 Å². The highest BCUT2D eigenvalue weighted by Gasteiger charge is 2.18. The maximum atomic E-state index is 12.0. The molecular weight excluding hydrogens is 270 g/mol. The molecule has 106 valence electrons. The second-order valence-electron chi connectivity index (χ2n) is 5.06. The Bertz CT molecular complexity index is 592. The lowest BCUT2D eigenvalue weighted by molar-refractivity contribution is 0.0944. The van der Waals surface area contributed by atoms with Crippen LogP contribution in [-0.2, 0) is 0 Å². The molecule has 0 aliphatic carbocycles. The first-order valence-corrected chi connectivity index (χ1v) is 7.40. The Balaban J connectivity index is 2.15. The van der Waals surface area contributed by atoms with Gasteiger partial charge in [-0.25, -0.2) is 0 Å². The van der Waals surface area contributed by atoms with Crippen molar-refractivity contribution in [2.75, 3.05) is 11.1 Å². The van der Waals surface area contributed by atoms with Crippen molar-refractivity contribution >= 4 is 27.8 Å². The largest absolute Gasteiger partial charge is 0.397 e. The third-order valence-electron chi connectivity index (χ3n) is 3.07. The lowest BCUT2D eigenvalue weighted by atomic mass is 10.1. The Labute approximate surface area is 123 Å². The molecule has 2 heterocycles. The topological polar surface area (TPSA) is 68.0 Å². The van der Waals surface area contributed by atoms with Crippen LogP contribution in [0.3, 0.4) is 0 Å². The summed E-state index contributed by atoms with van der Waals surface area (Å²) >= 11 is 1.42. The second-order valence-corrected chi connectivity index (χ2v) is 6.11. The molecule has 0 radical (unpaired) electrons. The number of nitrogens with two attached hydrogens (primary N) is 1. The summed E-state index contributed by atoms with van der Waals surface area (Å²) < 4.78 is 0. The summed E-state index contributed by atoms with van der Waals surface area (Å²) in [5.74, 6) is 0.0542. The van der Waals surface area contributed by atoms with Crippen LogP contribution in [0.15, 0.2) is 30.6 Å². The first-order valence-electron chi connectivity index (χ1n) is 6.59. The quantitative estimate of drug-likeness (QED) is 0.823. The zero-order chi connectivity index (χ0) is 14.7. The molecule has 2 aromatic rings. The van der Waals surface area contributed by atoms with Crippen LogP contribution in [0, 0.1) is 5.92 Å². The maximum Gasteiger partial charge on any atom is 0.177 e. The maximum absolute atomic E-state index is 12.0. The van der Waals surface area contributed by atoms with Gasteiger partial charge in [0.25, 0.3) is 0 Å². The smallest absolute Gasteiger partial charge is 0.177 e. The normalized spacial score (nSPS) is 12.4. The molecule has 0 saturated heterocycles. The number of hydrogen-bond acceptors (Lipinski definition) is 5. The van der Waals surface area contributed by atoms with Gasteiger partial charge in [-0.1, -0.05) is 13.8 Å². The van der Waals surface area contributed by atoms with Crippen molar-refractivity contribution in [3.05, 3.63) is 41.0 Å². The van der Waals surface area contributed by atoms with E-state index in [9.17, 15) is 4.79 Å². The molecule has 4 nitrogen and oxygen atoms in total. The molecule has 0 amide bonds. The molecule has 2 rings (SSSR count). The Morgan fingerprint density at radius 3 is 2.55 bits per heavy atom. The van der Waals surface area contributed by atoms with Gasteiger partial charge in [0.15, 0.2) is 5.78 Å². The highest BCUT2D eigenvalue weighted by atomic mass is 32.1. The lowest BCUT2D eigenvalue weighted by Crippen LogP contribution is -2.07. The number of Topliss-reactive ketones (excluding diaryl/α,β-unsaturated/α-hetero) is 1. The van der Waals surface area contributed by atoms with E-state index in [-0.39, 0.29) is 17.7 Å². The van der Waals surface area contributed by atoms with E-state index in [0.717, 1.165) is 10.6 Å². The van der Waals surface area contributed by atoms with E-state index >= 15 is 0 Å². The zero-order valence-electron chi connectivity index (χ0n) is 11.9. The van der Waals surface area contributed by atoms with E-state index < -0.39 is 0 Å². The molecule has 0 bridgehead atoms. The molecule has 1 unspecified atom stereocenters. The molecule has 0 aliphatic heterocycles. The summed E-state index contributed by atoms with van der Waals surface area (Å²) in [6.45, 7) is 5.83. The van der Waals surface area contributed by atoms with Crippen LogP contribution >= 0.6 is 11.3 Å². The summed E-state index contributed by atoms with van der Waals surface area (Å²) in [5.41, 5.74) is 7.63. The number of carbonyl (C=O) groups is 1. The summed E-state index contributed by atoms with van der Waals surface area (Å²) in [5, 5.41) is 4.28. The first kappa shape index (κ1) is 14.5. The van der Waals surface area contributed by atoms with Gasteiger partial charge < -0.3 is 11.1 Å². The van der Waals surface area contributed by atoms with Gasteiger partial charge in [-0.05, 0) is 30.7 Å². The van der Waals surface area contributed by atoms with Gasteiger partial charge in [0.2, 0.25) is 0 Å². The zero-order valence-corrected chi connectivity index (χ0v) is 12.7. The van der Waals surface area contributed by atoms with Crippen LogP contribution in [0.2, 0.25) is 0 Å². The number of hydrogen-bond donors (Lipinski definition) is 2. The van der Waals surface area contributed by atoms with Crippen LogP contribution in [0.4, 0.5) is 10.7 Å². The van der Waals surface area contributed by atoms with E-state index in [1.807, 2.05) is 32.0 Å². The van der Waals surface area contributed by atoms with Gasteiger partial charge in [-0.2, -0.15) is 0 Å². The number of nitrogens with zero attached hydrogens (tertiary/aromatic N) is 1. The monoisotopic (exact) mass is 289 g/mol. The van der Waals surface area contributed by atoms with Gasteiger partial charge >= 0.3 is 0 Å². The number of nitrogen functional groups attached to an aromatic ring is 1. The Hall–Kier alpha value is -1.88. The Morgan fingerprint density at radius 1 is 1.30 bits per heavy atom. The molecule has 20 heavy (non-hydrogen) atoms. The second kappa shape index (κ2) is 6.05. The number of ketones is 1. The van der Waals surface area contributed by atoms with Crippen molar-refractivity contribution in [2.24, 2.45) is 5.92 Å². The highest BCUT2D eigenvalue weighted by molar-refractivity contribution is 7.18. The van der Waals surface area contributed by atoms with E-state index in [1.54, 1.807) is 12.4 Å². The number of pyridine rings is 1. The average molecular weight is 289 g/mol. The lowest BCUT2D eigenvalue weighted by Gasteiger charge is -2.13. The van der Waals surface area contributed by atoms with Crippen LogP contribution < -0.4 is 11.1 Å². The van der Waals surface area contributed by atoms with E-state index in [0.29, 0.717) is 10.6 Å². The molecule has 0 aliphatic rings. The predicted molar refractivity (Wildman–Crippen MR) is 84.2 cm³/mol. The fourth-order valence-corrected chi connectivity index (χ4v) is 3.03. The standard InChI is InChI=1S/C15H19N3OS/c1-9(2)14(19)15-12(16)8-13(20-15)18-10(3)11-4-6-17-7-5-11/h4-10,18H,16H2,1-3H3. The molecule has 0 saturated carbocycles. The summed E-state index contributed by atoms with van der Waals surface area (Å²) in [7, 11) is 0. The van der Waals surface area contributed by atoms with Crippen molar-refractivity contribution in [2.45, 2.75) is 26.8 Å². The number of carbonyl (C=O) groups excluding carboxylic acids is 1. The molecule has 2 aromatic heterocycles. The Kier molecular flexibility index (Phi) is 4.39. The van der Waals surface area contributed by atoms with Crippen molar-refractivity contribution in [1.29, 1.82) is 0 Å². The third-order valence-corrected chi connectivity index (χ3v) is 4.17. The number of rotatable bonds is 5. The molecule has 0 aromatic carbocycles. The summed E-state index contributed by atoms with van der Waals surface area (Å²) in [6.07, 6.45) is 3.54. The summed E-state index contributed by atoms with van der Waals surface area (Å²) in [6, 6.07) is 5.90. The van der Waals surface area contributed by atoms with Gasteiger partial charge in [0, 0.05) is 24.4 Å². The Morgan fingerprint density at radius 2 is 1.95 bits per heavy atom. The van der Waals surface area contributed by atoms with E-state index in [4.69, 9.17) is 5.73 Å². The number of aromatic nitrogens is 1. The van der Waals surface area contributed by atoms with Crippen LogP contribution in [0.1, 0.15) is 42.0 Å². The van der Waals surface area contributed by atoms with Gasteiger partial charge in [-0.15, -0.1) is 11.3 Å². The van der Waals surface area contributed by atoms with Gasteiger partial charge in [-0.3, -0.25) is 9.78 Å². The van der Waals surface area contributed by atoms with Crippen LogP contribution in [0.5, 0.6) is 0 Å². The number of nitrogens with one attached hydrogen (secondary N) is 1. The summed E-state index contributed by atoms with van der Waals surface area (Å²) in [4.78, 5) is 16.7. The molecule has 3 N–H and O–H groups in total. The number of thiophene rings is 1. The van der Waals surface area contributed by atoms with E-state index in [2.05, 4.69) is 17.2 Å². The SMILES string of the molecule is CC(C)C(=O)c1sc(NC(C)c2ccncc2)cc1N. The molecule has 0 fully saturated rings. The minimum absolute atomic E-state index is 0.0404. The first-order chi connectivity index (χ1) is 9.49. The highest BCUT2D eigenvalue weighted by Crippen LogP contribution is 2.33. The van der Waals surface area contributed by atoms with Crippen molar-refractivity contribution in [1.82, 2.24) is 4.98 Å². The molecule has 1 atom stereocenters. The average Bonchev–Trinajstić information content (AvgIpc) is 2.79. The van der Waals surface area contributed by atoms with Crippen molar-refractivity contribution in [3.63, 3.8) is 0 Å². The fraction of sp³-hybridized carbons (Fsp3) is 0.333. The fourth-order valence-electron chi connectivity index (χ4n) is 1.88. The molecule has 5 heteroatoms. The third kappa shape index (κ3) is 3.17. The van der Waals surface area contributed by atoms with E-state index in [1.165, 1.54) is 11.3 Å². The van der Waals surface area contributed by atoms with Gasteiger partial charge in [0.1, 0.15) is 0 Å². The number of anilines is 2. The predicted octanol–water partition coefficient (Wildman–Crippen LogP) is 3.74. The molecular formula is C15H19N3OS. The minimum Gasteiger partial charge on any atom is -0.397 e.